The quantitative estimate of drug-likeness (QED) is 0.0324. The second-order valence-corrected chi connectivity index (χ2v) is 27.0. The van der Waals surface area contributed by atoms with E-state index in [1.807, 2.05) is 19.0 Å². The topological polar surface area (TPSA) is 145 Å². The number of esters is 4. The predicted molar refractivity (Wildman–Crippen MR) is 367 cm³/mol. The fourth-order valence-electron chi connectivity index (χ4n) is 12.4. The Balaban J connectivity index is 2.78. The molecule has 0 radical (unpaired) electrons. The zero-order chi connectivity index (χ0) is 64.9. The van der Waals surface area contributed by atoms with Crippen LogP contribution in [0, 0.1) is 17.8 Å². The number of ether oxygens (including phenoxy) is 8. The summed E-state index contributed by atoms with van der Waals surface area (Å²) in [6, 6.07) is 0. The van der Waals surface area contributed by atoms with Crippen molar-refractivity contribution < 1.29 is 57.1 Å². The minimum absolute atomic E-state index is 0.0567. The maximum absolute atomic E-state index is 12.9. The standard InChI is InChI=1S/C76H145NO12/c1-9-15-33-45-66(46-34-16-10-2)55-62-82-70(78)51-39-27-21-24-30-42-59-85-74-69(65-88-73(81)54-58-77(7)8)89-76(87-61-44-32-26-23-29-41-53-72(80)84-64-57-68(49-37-19-13-5)50-38-20-14-6)75(74)86-60-43-31-25-22-28-40-52-71(79)83-63-56-67(47-35-17-11-3)48-36-18-12-4/h66-69,74-76H,9-65H2,1-8H3/t69-,74+,75?,76-/m1/s1. The summed E-state index contributed by atoms with van der Waals surface area (Å²) in [5.74, 6) is 1.55. The van der Waals surface area contributed by atoms with Gasteiger partial charge in [-0.2, -0.15) is 0 Å². The molecule has 13 heteroatoms. The van der Waals surface area contributed by atoms with E-state index < -0.39 is 24.6 Å². The number of unbranched alkanes of at least 4 members (excludes halogenated alkanes) is 27. The summed E-state index contributed by atoms with van der Waals surface area (Å²) >= 11 is 0. The van der Waals surface area contributed by atoms with Crippen molar-refractivity contribution in [1.29, 1.82) is 0 Å². The van der Waals surface area contributed by atoms with Crippen LogP contribution in [0.25, 0.3) is 0 Å². The van der Waals surface area contributed by atoms with Gasteiger partial charge in [0, 0.05) is 45.6 Å². The molecular formula is C76H145NO12. The molecule has 526 valence electrons. The largest absolute Gasteiger partial charge is 0.466 e. The van der Waals surface area contributed by atoms with Gasteiger partial charge in [0.15, 0.2) is 6.29 Å². The highest BCUT2D eigenvalue weighted by molar-refractivity contribution is 5.70. The molecule has 1 saturated heterocycles. The van der Waals surface area contributed by atoms with Crippen molar-refractivity contribution in [3.8, 4) is 0 Å². The second kappa shape index (κ2) is 63.1. The molecular weight excluding hydrogens is 1120 g/mol. The summed E-state index contributed by atoms with van der Waals surface area (Å²) in [5, 5.41) is 0. The lowest BCUT2D eigenvalue weighted by Gasteiger charge is -2.25. The van der Waals surface area contributed by atoms with E-state index in [2.05, 4.69) is 41.5 Å². The van der Waals surface area contributed by atoms with E-state index >= 15 is 0 Å². The van der Waals surface area contributed by atoms with Gasteiger partial charge in [0.25, 0.3) is 0 Å². The van der Waals surface area contributed by atoms with Gasteiger partial charge in [0.1, 0.15) is 24.9 Å². The summed E-state index contributed by atoms with van der Waals surface area (Å²) in [6.07, 6.45) is 50.5. The Morgan fingerprint density at radius 2 is 0.607 bits per heavy atom. The number of nitrogens with zero attached hydrogens (tertiary/aromatic N) is 1. The third-order valence-electron chi connectivity index (χ3n) is 18.3. The molecule has 0 spiro atoms. The van der Waals surface area contributed by atoms with Gasteiger partial charge in [-0.25, -0.2) is 0 Å². The van der Waals surface area contributed by atoms with Gasteiger partial charge < -0.3 is 42.8 Å². The van der Waals surface area contributed by atoms with Gasteiger partial charge in [0.2, 0.25) is 0 Å². The molecule has 0 aromatic rings. The van der Waals surface area contributed by atoms with Crippen molar-refractivity contribution in [1.82, 2.24) is 4.90 Å². The second-order valence-electron chi connectivity index (χ2n) is 27.0. The smallest absolute Gasteiger partial charge is 0.307 e. The van der Waals surface area contributed by atoms with E-state index in [1.165, 1.54) is 154 Å². The molecule has 0 aliphatic carbocycles. The molecule has 1 aliphatic heterocycles. The molecule has 1 unspecified atom stereocenters. The first-order valence-corrected chi connectivity index (χ1v) is 38.3. The van der Waals surface area contributed by atoms with Crippen LogP contribution in [0.2, 0.25) is 0 Å². The number of carbonyl (C=O) groups excluding carboxylic acids is 4. The van der Waals surface area contributed by atoms with E-state index in [0.717, 1.165) is 135 Å². The highest BCUT2D eigenvalue weighted by Gasteiger charge is 2.47. The highest BCUT2D eigenvalue weighted by atomic mass is 16.7. The summed E-state index contributed by atoms with van der Waals surface area (Å²) in [6.45, 7) is 17.4. The third-order valence-corrected chi connectivity index (χ3v) is 18.3. The van der Waals surface area contributed by atoms with Crippen molar-refractivity contribution in [2.75, 3.05) is 66.9 Å². The summed E-state index contributed by atoms with van der Waals surface area (Å²) < 4.78 is 49.4. The molecule has 1 heterocycles. The lowest BCUT2D eigenvalue weighted by Crippen LogP contribution is -2.40. The Kier molecular flexibility index (Phi) is 60.0. The molecule has 0 aromatic heterocycles. The zero-order valence-electron chi connectivity index (χ0n) is 59.7. The number of hydrogen-bond donors (Lipinski definition) is 0. The Morgan fingerprint density at radius 3 is 0.933 bits per heavy atom. The van der Waals surface area contributed by atoms with Crippen molar-refractivity contribution >= 4 is 23.9 Å². The number of carbonyl (C=O) groups is 4. The van der Waals surface area contributed by atoms with Gasteiger partial charge in [-0.1, -0.05) is 273 Å². The van der Waals surface area contributed by atoms with E-state index in [0.29, 0.717) is 83.2 Å². The molecule has 1 aliphatic rings. The monoisotopic (exact) mass is 1260 g/mol. The van der Waals surface area contributed by atoms with Crippen LogP contribution in [0.3, 0.4) is 0 Å². The molecule has 1 fully saturated rings. The maximum Gasteiger partial charge on any atom is 0.307 e. The van der Waals surface area contributed by atoms with Crippen LogP contribution in [0.15, 0.2) is 0 Å². The molecule has 1 rings (SSSR count). The fraction of sp³-hybridized carbons (Fsp3) is 0.947. The van der Waals surface area contributed by atoms with Gasteiger partial charge in [-0.05, 0) is 89.6 Å². The Morgan fingerprint density at radius 1 is 0.315 bits per heavy atom. The van der Waals surface area contributed by atoms with Crippen LogP contribution in [-0.4, -0.2) is 120 Å². The minimum Gasteiger partial charge on any atom is -0.466 e. The van der Waals surface area contributed by atoms with Crippen molar-refractivity contribution in [3.05, 3.63) is 0 Å². The van der Waals surface area contributed by atoms with Crippen LogP contribution >= 0.6 is 0 Å². The Bertz CT molecular complexity index is 1550. The number of rotatable bonds is 68. The van der Waals surface area contributed by atoms with E-state index in [-0.39, 0.29) is 36.9 Å². The van der Waals surface area contributed by atoms with Crippen LogP contribution < -0.4 is 0 Å². The van der Waals surface area contributed by atoms with E-state index in [4.69, 9.17) is 37.9 Å². The molecule has 0 bridgehead atoms. The fourth-order valence-corrected chi connectivity index (χ4v) is 12.4. The summed E-state index contributed by atoms with van der Waals surface area (Å²) in [5.41, 5.74) is 0. The summed E-state index contributed by atoms with van der Waals surface area (Å²) in [4.78, 5) is 52.7. The van der Waals surface area contributed by atoms with Crippen molar-refractivity contribution in [3.63, 3.8) is 0 Å². The zero-order valence-corrected chi connectivity index (χ0v) is 59.7. The van der Waals surface area contributed by atoms with Gasteiger partial charge in [-0.15, -0.1) is 0 Å². The van der Waals surface area contributed by atoms with Gasteiger partial charge in [-0.3, -0.25) is 19.2 Å². The first-order chi connectivity index (χ1) is 43.5. The van der Waals surface area contributed by atoms with Gasteiger partial charge >= 0.3 is 23.9 Å². The summed E-state index contributed by atoms with van der Waals surface area (Å²) in [7, 11) is 3.89. The van der Waals surface area contributed by atoms with Crippen molar-refractivity contribution in [2.24, 2.45) is 17.8 Å². The Hall–Kier alpha value is -2.32. The average molecular weight is 1260 g/mol. The first-order valence-electron chi connectivity index (χ1n) is 38.3. The van der Waals surface area contributed by atoms with E-state index in [1.54, 1.807) is 0 Å². The highest BCUT2D eigenvalue weighted by Crippen LogP contribution is 2.30. The normalized spacial score (nSPS) is 16.0. The molecule has 4 atom stereocenters. The predicted octanol–water partition coefficient (Wildman–Crippen LogP) is 20.3. The van der Waals surface area contributed by atoms with Crippen molar-refractivity contribution in [2.45, 2.75) is 381 Å². The number of hydrogen-bond acceptors (Lipinski definition) is 13. The molecule has 89 heavy (non-hydrogen) atoms. The van der Waals surface area contributed by atoms with Crippen LogP contribution in [0.5, 0.6) is 0 Å². The molecule has 0 saturated carbocycles. The van der Waals surface area contributed by atoms with E-state index in [9.17, 15) is 19.2 Å². The van der Waals surface area contributed by atoms with Crippen LogP contribution in [-0.2, 0) is 57.1 Å². The average Bonchev–Trinajstić information content (AvgIpc) is 1.87. The maximum atomic E-state index is 12.9. The van der Waals surface area contributed by atoms with Crippen LogP contribution in [0.4, 0.5) is 0 Å². The SMILES string of the molecule is CCCCCC(CCCCC)CCOC(=O)CCCCCCCCOC1[C@H](OCCCCCCCCC(=O)OCCC(CCCCC)CCCCC)O[C@H](COC(=O)CCN(C)C)[C@@H]1OCCCCCCCCC(=O)OCCC(CCCCC)CCCCC. The minimum atomic E-state index is -0.656. The molecule has 13 nitrogen and oxygen atoms in total. The lowest BCUT2D eigenvalue weighted by molar-refractivity contribution is -0.184. The molecule has 0 amide bonds. The molecule has 0 aromatic carbocycles. The third kappa shape index (κ3) is 51.7. The molecule has 0 N–H and O–H groups in total. The lowest BCUT2D eigenvalue weighted by atomic mass is 9.92. The van der Waals surface area contributed by atoms with Crippen LogP contribution in [0.1, 0.15) is 356 Å². The Labute approximate surface area is 548 Å². The van der Waals surface area contributed by atoms with Gasteiger partial charge in [0.05, 0.1) is 26.2 Å². The first kappa shape index (κ1) is 84.7.